The molecule has 0 bridgehead atoms. The number of benzene rings is 1. The number of fused-ring (bicyclic) bond motifs is 1. The molecule has 1 N–H and O–H groups in total. The van der Waals surface area contributed by atoms with Crippen molar-refractivity contribution in [1.29, 1.82) is 0 Å². The van der Waals surface area contributed by atoms with Crippen LogP contribution in [0.5, 0.6) is 0 Å². The monoisotopic (exact) mass is 400 g/mol. The number of nitrogens with one attached hydrogen (secondary N) is 1. The van der Waals surface area contributed by atoms with Crippen LogP contribution < -0.4 is 5.32 Å². The second kappa shape index (κ2) is 9.28. The zero-order valence-corrected chi connectivity index (χ0v) is 17.5. The molecule has 3 rings (SSSR count). The zero-order chi connectivity index (χ0) is 19.2. The van der Waals surface area contributed by atoms with Crippen molar-refractivity contribution in [2.75, 3.05) is 13.3 Å². The molecule has 0 aliphatic heterocycles. The molecule has 0 spiro atoms. The molecular formula is C20H24N4OS2. The number of nitrogens with zero attached hydrogens (tertiary/aromatic N) is 3. The molecule has 0 aliphatic rings. The van der Waals surface area contributed by atoms with Crippen molar-refractivity contribution in [2.45, 2.75) is 37.5 Å². The fourth-order valence-corrected chi connectivity index (χ4v) is 4.17. The van der Waals surface area contributed by atoms with E-state index in [0.29, 0.717) is 11.5 Å². The van der Waals surface area contributed by atoms with Gasteiger partial charge in [0.15, 0.2) is 0 Å². The summed E-state index contributed by atoms with van der Waals surface area (Å²) in [7, 11) is 1.65. The predicted molar refractivity (Wildman–Crippen MR) is 113 cm³/mol. The highest BCUT2D eigenvalue weighted by atomic mass is 32.2. The van der Waals surface area contributed by atoms with Crippen LogP contribution in [-0.4, -0.2) is 34.2 Å². The van der Waals surface area contributed by atoms with Gasteiger partial charge in [0.2, 0.25) is 0 Å². The molecule has 0 saturated carbocycles. The average molecular weight is 401 g/mol. The lowest BCUT2D eigenvalue weighted by Crippen LogP contribution is -2.17. The van der Waals surface area contributed by atoms with Crippen molar-refractivity contribution in [1.82, 2.24) is 20.3 Å². The van der Waals surface area contributed by atoms with Gasteiger partial charge in [0.1, 0.15) is 5.82 Å². The van der Waals surface area contributed by atoms with Gasteiger partial charge in [-0.2, -0.15) is 0 Å². The molecule has 5 nitrogen and oxygen atoms in total. The Morgan fingerprint density at radius 2 is 1.96 bits per heavy atom. The SMILES string of the molecule is CNC(=O)c1ccc2nc(CC[C@@H](C)CCc3ncc(SC)cn3)sc2c1. The lowest BCUT2D eigenvalue weighted by atomic mass is 10.00. The molecule has 2 aromatic heterocycles. The summed E-state index contributed by atoms with van der Waals surface area (Å²) >= 11 is 3.34. The van der Waals surface area contributed by atoms with E-state index < -0.39 is 0 Å². The largest absolute Gasteiger partial charge is 0.355 e. The minimum atomic E-state index is -0.0618. The van der Waals surface area contributed by atoms with E-state index in [9.17, 15) is 4.79 Å². The number of carbonyl (C=O) groups is 1. The van der Waals surface area contributed by atoms with Crippen LogP contribution in [0.25, 0.3) is 10.2 Å². The summed E-state index contributed by atoms with van der Waals surface area (Å²) < 4.78 is 1.07. The number of thiazole rings is 1. The minimum Gasteiger partial charge on any atom is -0.355 e. The van der Waals surface area contributed by atoms with Gasteiger partial charge in [0.05, 0.1) is 15.2 Å². The number of thioether (sulfide) groups is 1. The van der Waals surface area contributed by atoms with E-state index in [1.807, 2.05) is 36.8 Å². The average Bonchev–Trinajstić information content (AvgIpc) is 3.12. The maximum absolute atomic E-state index is 11.8. The van der Waals surface area contributed by atoms with Gasteiger partial charge in [-0.1, -0.05) is 6.92 Å². The Balaban J connectivity index is 1.53. The smallest absolute Gasteiger partial charge is 0.251 e. The number of carbonyl (C=O) groups excluding carboxylic acids is 1. The maximum Gasteiger partial charge on any atom is 0.251 e. The normalized spacial score (nSPS) is 12.3. The van der Waals surface area contributed by atoms with Crippen LogP contribution in [0.1, 0.15) is 41.0 Å². The van der Waals surface area contributed by atoms with E-state index in [0.717, 1.165) is 51.6 Å². The van der Waals surface area contributed by atoms with Gasteiger partial charge in [-0.25, -0.2) is 15.0 Å². The molecule has 2 heterocycles. The quantitative estimate of drug-likeness (QED) is 0.569. The van der Waals surface area contributed by atoms with Gasteiger partial charge < -0.3 is 5.32 Å². The van der Waals surface area contributed by atoms with Crippen molar-refractivity contribution in [3.8, 4) is 0 Å². The molecule has 1 aromatic carbocycles. The fourth-order valence-electron chi connectivity index (χ4n) is 2.83. The van der Waals surface area contributed by atoms with Crippen LogP contribution in [0.2, 0.25) is 0 Å². The number of amides is 1. The molecule has 0 saturated heterocycles. The van der Waals surface area contributed by atoms with Crippen molar-refractivity contribution in [3.63, 3.8) is 0 Å². The standard InChI is InChI=1S/C20H24N4OS2/c1-13(4-8-18-22-11-15(26-3)12-23-18)5-9-19-24-16-7-6-14(20(25)21-2)10-17(16)27-19/h6-7,10-13H,4-5,8-9H2,1-3H3,(H,21,25)/t13-/m0/s1. The van der Waals surface area contributed by atoms with Crippen LogP contribution in [0, 0.1) is 5.92 Å². The Hall–Kier alpha value is -1.99. The van der Waals surface area contributed by atoms with E-state index in [2.05, 4.69) is 22.2 Å². The third kappa shape index (κ3) is 5.26. The Labute approximate surface area is 168 Å². The van der Waals surface area contributed by atoms with E-state index in [4.69, 9.17) is 4.98 Å². The first kappa shape index (κ1) is 19.8. The minimum absolute atomic E-state index is 0.0618. The van der Waals surface area contributed by atoms with Gasteiger partial charge in [-0.05, 0) is 49.6 Å². The lowest BCUT2D eigenvalue weighted by molar-refractivity contribution is 0.0963. The highest BCUT2D eigenvalue weighted by Gasteiger charge is 2.10. The van der Waals surface area contributed by atoms with Crippen LogP contribution in [0.3, 0.4) is 0 Å². The van der Waals surface area contributed by atoms with Crippen molar-refractivity contribution < 1.29 is 4.79 Å². The van der Waals surface area contributed by atoms with Crippen molar-refractivity contribution in [2.24, 2.45) is 5.92 Å². The van der Waals surface area contributed by atoms with Crippen LogP contribution in [0.4, 0.5) is 0 Å². The fraction of sp³-hybridized carbons (Fsp3) is 0.400. The van der Waals surface area contributed by atoms with E-state index in [1.54, 1.807) is 30.1 Å². The third-order valence-corrected chi connectivity index (χ3v) is 6.31. The topological polar surface area (TPSA) is 67.8 Å². The Morgan fingerprint density at radius 1 is 1.22 bits per heavy atom. The molecule has 1 atom stereocenters. The van der Waals surface area contributed by atoms with E-state index in [1.165, 1.54) is 0 Å². The summed E-state index contributed by atoms with van der Waals surface area (Å²) in [5.74, 6) is 1.44. The summed E-state index contributed by atoms with van der Waals surface area (Å²) in [6, 6.07) is 5.68. The highest BCUT2D eigenvalue weighted by Crippen LogP contribution is 2.25. The second-order valence-corrected chi connectivity index (χ2v) is 8.59. The second-order valence-electron chi connectivity index (χ2n) is 6.59. The number of hydrogen-bond donors (Lipinski definition) is 1. The molecule has 27 heavy (non-hydrogen) atoms. The Morgan fingerprint density at radius 3 is 2.67 bits per heavy atom. The first-order valence-corrected chi connectivity index (χ1v) is 11.1. The molecule has 0 radical (unpaired) electrons. The van der Waals surface area contributed by atoms with Crippen LogP contribution in [-0.2, 0) is 12.8 Å². The summed E-state index contributed by atoms with van der Waals surface area (Å²) in [6.45, 7) is 2.27. The number of aryl methyl sites for hydroxylation is 2. The lowest BCUT2D eigenvalue weighted by Gasteiger charge is -2.09. The Bertz CT molecular complexity index is 908. The Kier molecular flexibility index (Phi) is 6.79. The van der Waals surface area contributed by atoms with E-state index >= 15 is 0 Å². The number of hydrogen-bond acceptors (Lipinski definition) is 6. The first-order valence-electron chi connectivity index (χ1n) is 9.05. The summed E-state index contributed by atoms with van der Waals surface area (Å²) in [6.07, 6.45) is 9.85. The predicted octanol–water partition coefficient (Wildman–Crippen LogP) is 4.37. The third-order valence-electron chi connectivity index (χ3n) is 4.55. The molecule has 0 aliphatic carbocycles. The van der Waals surface area contributed by atoms with Crippen molar-refractivity contribution in [3.05, 3.63) is 47.0 Å². The van der Waals surface area contributed by atoms with Crippen molar-refractivity contribution >= 4 is 39.2 Å². The number of aromatic nitrogens is 3. The summed E-state index contributed by atoms with van der Waals surface area (Å²) in [5, 5.41) is 3.79. The van der Waals surface area contributed by atoms with Gasteiger partial charge in [0.25, 0.3) is 5.91 Å². The van der Waals surface area contributed by atoms with Gasteiger partial charge in [0, 0.05) is 36.3 Å². The molecule has 0 unspecified atom stereocenters. The van der Waals surface area contributed by atoms with Gasteiger partial charge in [-0.15, -0.1) is 23.1 Å². The molecule has 1 amide bonds. The van der Waals surface area contributed by atoms with Crippen LogP contribution >= 0.6 is 23.1 Å². The van der Waals surface area contributed by atoms with Gasteiger partial charge in [-0.3, -0.25) is 4.79 Å². The molecule has 3 aromatic rings. The first-order chi connectivity index (χ1) is 13.1. The van der Waals surface area contributed by atoms with Crippen LogP contribution in [0.15, 0.2) is 35.5 Å². The molecule has 7 heteroatoms. The summed E-state index contributed by atoms with van der Waals surface area (Å²) in [4.78, 5) is 26.4. The number of rotatable bonds is 8. The summed E-state index contributed by atoms with van der Waals surface area (Å²) in [5.41, 5.74) is 1.65. The molecule has 142 valence electrons. The zero-order valence-electron chi connectivity index (χ0n) is 15.9. The molecular weight excluding hydrogens is 376 g/mol. The van der Waals surface area contributed by atoms with Gasteiger partial charge >= 0.3 is 0 Å². The molecule has 0 fully saturated rings. The van der Waals surface area contributed by atoms with E-state index in [-0.39, 0.29) is 5.91 Å². The highest BCUT2D eigenvalue weighted by molar-refractivity contribution is 7.98. The maximum atomic E-state index is 11.8.